The minimum absolute atomic E-state index is 0.142. The van der Waals surface area contributed by atoms with E-state index in [9.17, 15) is 19.2 Å². The number of carbonyl (C=O) groups is 4. The molecule has 0 aliphatic carbocycles. The Labute approximate surface area is 201 Å². The van der Waals surface area contributed by atoms with Crippen molar-refractivity contribution in [1.29, 1.82) is 0 Å². The highest BCUT2D eigenvalue weighted by molar-refractivity contribution is 6.06. The van der Waals surface area contributed by atoms with E-state index in [1.54, 1.807) is 36.4 Å². The van der Waals surface area contributed by atoms with E-state index in [0.717, 1.165) is 5.56 Å². The van der Waals surface area contributed by atoms with Crippen molar-refractivity contribution < 1.29 is 24.0 Å². The van der Waals surface area contributed by atoms with Gasteiger partial charge in [0.05, 0.1) is 12.3 Å². The van der Waals surface area contributed by atoms with Gasteiger partial charge in [-0.15, -0.1) is 0 Å². The average molecular weight is 476 g/mol. The third-order valence-electron chi connectivity index (χ3n) is 6.63. The predicted molar refractivity (Wildman–Crippen MR) is 126 cm³/mol. The molecule has 2 aromatic rings. The van der Waals surface area contributed by atoms with Gasteiger partial charge < -0.3 is 26.1 Å². The Morgan fingerprint density at radius 3 is 2.66 bits per heavy atom. The molecule has 2 saturated heterocycles. The minimum Gasteiger partial charge on any atom is -0.387 e. The SMILES string of the molecule is NC(=O)C1CC2(CC(c3cccc(NC(=O)c4ccccc4)c3)=NO2)CN1C(=O)C1CCC(=O)N1. The smallest absolute Gasteiger partial charge is 0.255 e. The van der Waals surface area contributed by atoms with Gasteiger partial charge in [0.25, 0.3) is 5.91 Å². The maximum absolute atomic E-state index is 13.0. The van der Waals surface area contributed by atoms with Crippen molar-refractivity contribution in [3.63, 3.8) is 0 Å². The highest BCUT2D eigenvalue weighted by Crippen LogP contribution is 2.39. The van der Waals surface area contributed by atoms with Crippen molar-refractivity contribution in [3.8, 4) is 0 Å². The van der Waals surface area contributed by atoms with E-state index in [-0.39, 0.29) is 37.1 Å². The first-order valence-corrected chi connectivity index (χ1v) is 11.4. The Morgan fingerprint density at radius 2 is 1.94 bits per heavy atom. The van der Waals surface area contributed by atoms with Crippen LogP contribution in [0.15, 0.2) is 59.8 Å². The van der Waals surface area contributed by atoms with Gasteiger partial charge in [0.15, 0.2) is 5.60 Å². The lowest BCUT2D eigenvalue weighted by molar-refractivity contribution is -0.139. The number of anilines is 1. The third-order valence-corrected chi connectivity index (χ3v) is 6.63. The van der Waals surface area contributed by atoms with Gasteiger partial charge in [-0.25, -0.2) is 0 Å². The fourth-order valence-electron chi connectivity index (χ4n) is 4.87. The molecule has 0 saturated carbocycles. The Balaban J connectivity index is 1.29. The standard InChI is InChI=1S/C25H25N5O5/c26-22(32)20-13-25(14-30(20)24(34)18-9-10-21(31)28-18)12-19(29-35-25)16-7-4-8-17(11-16)27-23(33)15-5-2-1-3-6-15/h1-8,11,18,20H,9-10,12-14H2,(H2,26,32)(H,27,33)(H,28,31). The van der Waals surface area contributed by atoms with Gasteiger partial charge in [-0.2, -0.15) is 0 Å². The Morgan fingerprint density at radius 1 is 1.14 bits per heavy atom. The van der Waals surface area contributed by atoms with E-state index in [0.29, 0.717) is 29.8 Å². The van der Waals surface area contributed by atoms with Crippen LogP contribution in [0.4, 0.5) is 5.69 Å². The fourth-order valence-corrected chi connectivity index (χ4v) is 4.87. The van der Waals surface area contributed by atoms with Crippen LogP contribution < -0.4 is 16.4 Å². The lowest BCUT2D eigenvalue weighted by atomic mass is 9.91. The van der Waals surface area contributed by atoms with Crippen LogP contribution in [-0.4, -0.2) is 58.5 Å². The summed E-state index contributed by atoms with van der Waals surface area (Å²) in [5.74, 6) is -1.37. The molecule has 5 rings (SSSR count). The van der Waals surface area contributed by atoms with Gasteiger partial charge in [0, 0.05) is 36.1 Å². The van der Waals surface area contributed by atoms with Crippen LogP contribution in [0, 0.1) is 0 Å². The summed E-state index contributed by atoms with van der Waals surface area (Å²) in [6, 6.07) is 14.7. The number of carbonyl (C=O) groups excluding carboxylic acids is 4. The summed E-state index contributed by atoms with van der Waals surface area (Å²) in [5, 5.41) is 9.79. The van der Waals surface area contributed by atoms with Crippen LogP contribution in [-0.2, 0) is 19.2 Å². The monoisotopic (exact) mass is 475 g/mol. The lowest BCUT2D eigenvalue weighted by Gasteiger charge is -2.25. The van der Waals surface area contributed by atoms with E-state index in [4.69, 9.17) is 10.6 Å². The molecule has 0 bridgehead atoms. The van der Waals surface area contributed by atoms with Gasteiger partial charge in [-0.3, -0.25) is 19.2 Å². The number of oxime groups is 1. The predicted octanol–water partition coefficient (Wildman–Crippen LogP) is 1.17. The molecule has 3 unspecified atom stereocenters. The van der Waals surface area contributed by atoms with Gasteiger partial charge >= 0.3 is 0 Å². The van der Waals surface area contributed by atoms with Gasteiger partial charge in [-0.1, -0.05) is 35.5 Å². The Hall–Kier alpha value is -4.21. The van der Waals surface area contributed by atoms with Gasteiger partial charge in [-0.05, 0) is 30.7 Å². The van der Waals surface area contributed by atoms with Crippen molar-refractivity contribution in [2.24, 2.45) is 10.9 Å². The largest absolute Gasteiger partial charge is 0.387 e. The van der Waals surface area contributed by atoms with Gasteiger partial charge in [0.2, 0.25) is 17.7 Å². The van der Waals surface area contributed by atoms with Crippen molar-refractivity contribution in [2.45, 2.75) is 43.4 Å². The van der Waals surface area contributed by atoms with E-state index >= 15 is 0 Å². The summed E-state index contributed by atoms with van der Waals surface area (Å²) in [7, 11) is 0. The van der Waals surface area contributed by atoms with Crippen molar-refractivity contribution >= 4 is 35.0 Å². The number of hydrogen-bond donors (Lipinski definition) is 3. The molecule has 35 heavy (non-hydrogen) atoms. The number of hydrogen-bond acceptors (Lipinski definition) is 6. The lowest BCUT2D eigenvalue weighted by Crippen LogP contribution is -2.50. The number of nitrogens with zero attached hydrogens (tertiary/aromatic N) is 2. The summed E-state index contributed by atoms with van der Waals surface area (Å²) in [4.78, 5) is 56.5. The first kappa shape index (κ1) is 22.6. The highest BCUT2D eigenvalue weighted by atomic mass is 16.7. The summed E-state index contributed by atoms with van der Waals surface area (Å²) in [6.07, 6.45) is 1.24. The molecule has 1 spiro atoms. The van der Waals surface area contributed by atoms with Crippen LogP contribution >= 0.6 is 0 Å². The molecule has 0 radical (unpaired) electrons. The van der Waals surface area contributed by atoms with E-state index in [1.165, 1.54) is 4.90 Å². The van der Waals surface area contributed by atoms with Crippen LogP contribution in [0.3, 0.4) is 0 Å². The summed E-state index contributed by atoms with van der Waals surface area (Å²) < 4.78 is 0. The number of nitrogens with two attached hydrogens (primary N) is 1. The molecule has 4 N–H and O–H groups in total. The second kappa shape index (κ2) is 8.86. The Bertz CT molecular complexity index is 1230. The van der Waals surface area contributed by atoms with Crippen molar-refractivity contribution in [2.75, 3.05) is 11.9 Å². The second-order valence-corrected chi connectivity index (χ2v) is 9.14. The fraction of sp³-hybridized carbons (Fsp3) is 0.320. The molecule has 2 fully saturated rings. The molecule has 10 nitrogen and oxygen atoms in total. The zero-order valence-electron chi connectivity index (χ0n) is 18.9. The minimum atomic E-state index is -0.878. The summed E-state index contributed by atoms with van der Waals surface area (Å²) in [5.41, 5.74) is 7.29. The van der Waals surface area contributed by atoms with Gasteiger partial charge in [0.1, 0.15) is 12.1 Å². The third kappa shape index (κ3) is 4.46. The molecule has 2 aromatic carbocycles. The highest BCUT2D eigenvalue weighted by Gasteiger charge is 2.54. The van der Waals surface area contributed by atoms with Crippen molar-refractivity contribution in [3.05, 3.63) is 65.7 Å². The molecule has 0 aromatic heterocycles. The Kier molecular flexibility index (Phi) is 5.72. The first-order chi connectivity index (χ1) is 16.8. The summed E-state index contributed by atoms with van der Waals surface area (Å²) in [6.45, 7) is 0.142. The number of amides is 4. The molecule has 180 valence electrons. The zero-order valence-corrected chi connectivity index (χ0v) is 18.9. The molecule has 4 amide bonds. The zero-order chi connectivity index (χ0) is 24.6. The number of benzene rings is 2. The number of rotatable bonds is 5. The molecule has 3 aliphatic rings. The van der Waals surface area contributed by atoms with Crippen LogP contribution in [0.5, 0.6) is 0 Å². The van der Waals surface area contributed by atoms with Crippen LogP contribution in [0.25, 0.3) is 0 Å². The average Bonchev–Trinajstić information content (AvgIpc) is 3.58. The molecule has 3 atom stereocenters. The normalized spacial score (nSPS) is 25.2. The molecule has 3 heterocycles. The molecule has 10 heteroatoms. The topological polar surface area (TPSA) is 143 Å². The van der Waals surface area contributed by atoms with Crippen LogP contribution in [0.1, 0.15) is 41.6 Å². The second-order valence-electron chi connectivity index (χ2n) is 9.14. The van der Waals surface area contributed by atoms with E-state index in [1.807, 2.05) is 18.2 Å². The van der Waals surface area contributed by atoms with E-state index in [2.05, 4.69) is 15.8 Å². The maximum atomic E-state index is 13.0. The number of primary amides is 1. The summed E-state index contributed by atoms with van der Waals surface area (Å²) >= 11 is 0. The number of nitrogens with one attached hydrogen (secondary N) is 2. The van der Waals surface area contributed by atoms with Crippen LogP contribution in [0.2, 0.25) is 0 Å². The quantitative estimate of drug-likeness (QED) is 0.595. The molecular weight excluding hydrogens is 450 g/mol. The molecular formula is C25H25N5O5. The van der Waals surface area contributed by atoms with Crippen molar-refractivity contribution in [1.82, 2.24) is 10.2 Å². The first-order valence-electron chi connectivity index (χ1n) is 11.4. The molecule has 3 aliphatic heterocycles. The van der Waals surface area contributed by atoms with E-state index < -0.39 is 23.6 Å². The number of likely N-dealkylation sites (tertiary alicyclic amines) is 1. The maximum Gasteiger partial charge on any atom is 0.255 e.